The second-order valence-electron chi connectivity index (χ2n) is 4.69. The molecule has 1 aromatic heterocycles. The van der Waals surface area contributed by atoms with Gasteiger partial charge >= 0.3 is 0 Å². The zero-order chi connectivity index (χ0) is 14.5. The van der Waals surface area contributed by atoms with Crippen LogP contribution in [0.25, 0.3) is 23.4 Å². The molecule has 0 N–H and O–H groups in total. The summed E-state index contributed by atoms with van der Waals surface area (Å²) in [7, 11) is 0. The molecule has 0 radical (unpaired) electrons. The number of nitrogens with zero attached hydrogens (tertiary/aromatic N) is 1. The lowest BCUT2D eigenvalue weighted by atomic mass is 10.0. The molecular formula is C19H14FN. The fourth-order valence-electron chi connectivity index (χ4n) is 2.16. The maximum atomic E-state index is 12.9. The normalized spacial score (nSPS) is 10.9. The summed E-state index contributed by atoms with van der Waals surface area (Å²) in [6.07, 6.45) is 5.79. The third-order valence-corrected chi connectivity index (χ3v) is 3.23. The highest BCUT2D eigenvalue weighted by Crippen LogP contribution is 2.23. The molecule has 0 amide bonds. The molecule has 0 atom stereocenters. The Morgan fingerprint density at radius 1 is 0.762 bits per heavy atom. The van der Waals surface area contributed by atoms with Gasteiger partial charge in [0.05, 0.1) is 5.69 Å². The SMILES string of the molecule is Fc1ccc(/C=C/c2ccccc2-c2ccccn2)cc1. The van der Waals surface area contributed by atoms with Crippen LogP contribution >= 0.6 is 0 Å². The van der Waals surface area contributed by atoms with Gasteiger partial charge in [-0.1, -0.05) is 54.6 Å². The molecule has 0 fully saturated rings. The molecule has 0 saturated carbocycles. The van der Waals surface area contributed by atoms with Crippen LogP contribution in [0.4, 0.5) is 4.39 Å². The molecule has 0 aliphatic heterocycles. The largest absolute Gasteiger partial charge is 0.256 e. The molecule has 21 heavy (non-hydrogen) atoms. The van der Waals surface area contributed by atoms with E-state index < -0.39 is 0 Å². The van der Waals surface area contributed by atoms with Crippen LogP contribution in [0.2, 0.25) is 0 Å². The first-order valence-corrected chi connectivity index (χ1v) is 6.77. The Bertz CT molecular complexity index is 746. The summed E-state index contributed by atoms with van der Waals surface area (Å²) in [5, 5.41) is 0. The minimum absolute atomic E-state index is 0.221. The van der Waals surface area contributed by atoms with E-state index in [1.54, 1.807) is 18.3 Å². The summed E-state index contributed by atoms with van der Waals surface area (Å²) >= 11 is 0. The fourth-order valence-corrected chi connectivity index (χ4v) is 2.16. The third kappa shape index (κ3) is 3.23. The van der Waals surface area contributed by atoms with Gasteiger partial charge in [0.25, 0.3) is 0 Å². The van der Waals surface area contributed by atoms with Crippen molar-refractivity contribution in [1.82, 2.24) is 4.98 Å². The molecule has 0 spiro atoms. The van der Waals surface area contributed by atoms with Crippen LogP contribution in [-0.4, -0.2) is 4.98 Å². The first-order valence-electron chi connectivity index (χ1n) is 6.77. The van der Waals surface area contributed by atoms with Crippen LogP contribution in [0.5, 0.6) is 0 Å². The van der Waals surface area contributed by atoms with E-state index in [0.717, 1.165) is 22.4 Å². The lowest BCUT2D eigenvalue weighted by Crippen LogP contribution is -1.85. The molecule has 0 bridgehead atoms. The van der Waals surface area contributed by atoms with E-state index in [1.807, 2.05) is 54.6 Å². The van der Waals surface area contributed by atoms with Crippen LogP contribution in [0, 0.1) is 5.82 Å². The van der Waals surface area contributed by atoms with Crippen LogP contribution in [0.1, 0.15) is 11.1 Å². The summed E-state index contributed by atoms with van der Waals surface area (Å²) < 4.78 is 12.9. The van der Waals surface area contributed by atoms with Gasteiger partial charge in [0.1, 0.15) is 5.82 Å². The number of benzene rings is 2. The Morgan fingerprint density at radius 3 is 2.29 bits per heavy atom. The summed E-state index contributed by atoms with van der Waals surface area (Å²) in [6, 6.07) is 20.4. The van der Waals surface area contributed by atoms with Crippen molar-refractivity contribution in [2.45, 2.75) is 0 Å². The number of hydrogen-bond acceptors (Lipinski definition) is 1. The van der Waals surface area contributed by atoms with Gasteiger partial charge in [-0.3, -0.25) is 4.98 Å². The first-order chi connectivity index (χ1) is 10.3. The Balaban J connectivity index is 1.94. The van der Waals surface area contributed by atoms with E-state index >= 15 is 0 Å². The van der Waals surface area contributed by atoms with Crippen LogP contribution in [0.3, 0.4) is 0 Å². The number of halogens is 1. The van der Waals surface area contributed by atoms with Gasteiger partial charge in [-0.15, -0.1) is 0 Å². The smallest absolute Gasteiger partial charge is 0.123 e. The molecule has 2 heteroatoms. The van der Waals surface area contributed by atoms with Crippen molar-refractivity contribution in [2.75, 3.05) is 0 Å². The van der Waals surface area contributed by atoms with Crippen molar-refractivity contribution in [3.63, 3.8) is 0 Å². The van der Waals surface area contributed by atoms with Gasteiger partial charge < -0.3 is 0 Å². The second kappa shape index (κ2) is 6.14. The highest BCUT2D eigenvalue weighted by atomic mass is 19.1. The van der Waals surface area contributed by atoms with Crippen molar-refractivity contribution in [2.24, 2.45) is 0 Å². The van der Waals surface area contributed by atoms with Crippen LogP contribution in [-0.2, 0) is 0 Å². The molecule has 3 aromatic rings. The zero-order valence-electron chi connectivity index (χ0n) is 11.4. The standard InChI is InChI=1S/C19H14FN/c20-17-12-9-15(10-13-17)8-11-16-5-1-2-6-18(16)19-7-3-4-14-21-19/h1-14H/b11-8+. The van der Waals surface area contributed by atoms with Crippen molar-refractivity contribution in [3.05, 3.63) is 89.9 Å². The molecule has 102 valence electrons. The Hall–Kier alpha value is -2.74. The highest BCUT2D eigenvalue weighted by Gasteiger charge is 2.02. The quantitative estimate of drug-likeness (QED) is 0.609. The van der Waals surface area contributed by atoms with E-state index in [4.69, 9.17) is 0 Å². The van der Waals surface area contributed by atoms with Gasteiger partial charge in [-0.25, -0.2) is 4.39 Å². The van der Waals surface area contributed by atoms with E-state index in [1.165, 1.54) is 12.1 Å². The maximum absolute atomic E-state index is 12.9. The number of rotatable bonds is 3. The molecule has 1 nitrogen and oxygen atoms in total. The van der Waals surface area contributed by atoms with E-state index in [9.17, 15) is 4.39 Å². The first kappa shape index (κ1) is 13.3. The van der Waals surface area contributed by atoms with E-state index in [0.29, 0.717) is 0 Å². The van der Waals surface area contributed by atoms with E-state index in [2.05, 4.69) is 4.98 Å². The summed E-state index contributed by atoms with van der Waals surface area (Å²) in [5.74, 6) is -0.221. The monoisotopic (exact) mass is 275 g/mol. The molecular weight excluding hydrogens is 261 g/mol. The van der Waals surface area contributed by atoms with Crippen LogP contribution in [0.15, 0.2) is 72.9 Å². The van der Waals surface area contributed by atoms with Crippen molar-refractivity contribution in [3.8, 4) is 11.3 Å². The summed E-state index contributed by atoms with van der Waals surface area (Å²) in [5.41, 5.74) is 4.07. The summed E-state index contributed by atoms with van der Waals surface area (Å²) in [6.45, 7) is 0. The van der Waals surface area contributed by atoms with Crippen molar-refractivity contribution in [1.29, 1.82) is 0 Å². The third-order valence-electron chi connectivity index (χ3n) is 3.23. The highest BCUT2D eigenvalue weighted by molar-refractivity contribution is 5.79. The number of pyridine rings is 1. The zero-order valence-corrected chi connectivity index (χ0v) is 11.4. The molecule has 0 aliphatic carbocycles. The fraction of sp³-hybridized carbons (Fsp3) is 0. The van der Waals surface area contributed by atoms with Gasteiger partial charge in [0.15, 0.2) is 0 Å². The molecule has 3 rings (SSSR count). The van der Waals surface area contributed by atoms with Crippen molar-refractivity contribution < 1.29 is 4.39 Å². The number of aromatic nitrogens is 1. The summed E-state index contributed by atoms with van der Waals surface area (Å²) in [4.78, 5) is 4.39. The van der Waals surface area contributed by atoms with Gasteiger partial charge in [0.2, 0.25) is 0 Å². The Kier molecular flexibility index (Phi) is 3.88. The minimum Gasteiger partial charge on any atom is -0.256 e. The Morgan fingerprint density at radius 2 is 1.52 bits per heavy atom. The van der Waals surface area contributed by atoms with Gasteiger partial charge in [-0.2, -0.15) is 0 Å². The topological polar surface area (TPSA) is 12.9 Å². The van der Waals surface area contributed by atoms with Gasteiger partial charge in [-0.05, 0) is 35.4 Å². The lowest BCUT2D eigenvalue weighted by molar-refractivity contribution is 0.628. The van der Waals surface area contributed by atoms with Crippen molar-refractivity contribution >= 4 is 12.2 Å². The molecule has 0 unspecified atom stereocenters. The maximum Gasteiger partial charge on any atom is 0.123 e. The van der Waals surface area contributed by atoms with E-state index in [-0.39, 0.29) is 5.82 Å². The average Bonchev–Trinajstić information content (AvgIpc) is 2.55. The molecule has 0 saturated heterocycles. The Labute approximate surface area is 123 Å². The molecule has 0 aliphatic rings. The average molecular weight is 275 g/mol. The predicted octanol–water partition coefficient (Wildman–Crippen LogP) is 5.06. The lowest BCUT2D eigenvalue weighted by Gasteiger charge is -2.05. The number of hydrogen-bond donors (Lipinski definition) is 0. The van der Waals surface area contributed by atoms with Gasteiger partial charge in [0, 0.05) is 11.8 Å². The molecule has 1 heterocycles. The van der Waals surface area contributed by atoms with Crippen LogP contribution < -0.4 is 0 Å². The minimum atomic E-state index is -0.221. The second-order valence-corrected chi connectivity index (χ2v) is 4.69. The molecule has 2 aromatic carbocycles. The predicted molar refractivity (Wildman–Crippen MR) is 85.0 cm³/mol.